The molecular formula is C13H17NO. The van der Waals surface area contributed by atoms with Gasteiger partial charge in [-0.05, 0) is 25.3 Å². The number of carbonyl (C=O) groups is 1. The highest BCUT2D eigenvalue weighted by Gasteiger charge is 2.32. The summed E-state index contributed by atoms with van der Waals surface area (Å²) in [6, 6.07) is 9.56. The number of hydrogen-bond acceptors (Lipinski definition) is 2. The highest BCUT2D eigenvalue weighted by atomic mass is 16.1. The molecule has 0 aromatic heterocycles. The van der Waals surface area contributed by atoms with Crippen LogP contribution in [0.2, 0.25) is 0 Å². The van der Waals surface area contributed by atoms with E-state index in [0.717, 1.165) is 24.8 Å². The summed E-state index contributed by atoms with van der Waals surface area (Å²) in [4.78, 5) is 12.2. The highest BCUT2D eigenvalue weighted by Crippen LogP contribution is 2.33. The zero-order valence-electron chi connectivity index (χ0n) is 8.86. The Balaban J connectivity index is 2.14. The second-order valence-electron chi connectivity index (χ2n) is 4.26. The number of rotatable bonds is 3. The van der Waals surface area contributed by atoms with E-state index in [9.17, 15) is 4.79 Å². The number of hydrogen-bond donors (Lipinski definition) is 1. The molecule has 0 heterocycles. The third-order valence-corrected chi connectivity index (χ3v) is 3.36. The Morgan fingerprint density at radius 2 is 2.00 bits per heavy atom. The third kappa shape index (κ3) is 2.10. The molecule has 1 aliphatic carbocycles. The molecule has 2 nitrogen and oxygen atoms in total. The van der Waals surface area contributed by atoms with Gasteiger partial charge in [-0.3, -0.25) is 4.79 Å². The van der Waals surface area contributed by atoms with E-state index >= 15 is 0 Å². The van der Waals surface area contributed by atoms with Gasteiger partial charge < -0.3 is 5.73 Å². The monoisotopic (exact) mass is 203 g/mol. The van der Waals surface area contributed by atoms with Crippen molar-refractivity contribution in [3.05, 3.63) is 35.9 Å². The molecule has 2 heteroatoms. The van der Waals surface area contributed by atoms with Crippen molar-refractivity contribution in [1.82, 2.24) is 0 Å². The van der Waals surface area contributed by atoms with E-state index in [2.05, 4.69) is 0 Å². The first kappa shape index (κ1) is 10.4. The lowest BCUT2D eigenvalue weighted by molar-refractivity contribution is 0.0893. The maximum atomic E-state index is 12.2. The first-order valence-electron chi connectivity index (χ1n) is 5.62. The smallest absolute Gasteiger partial charge is 0.166 e. The predicted molar refractivity (Wildman–Crippen MR) is 60.7 cm³/mol. The summed E-state index contributed by atoms with van der Waals surface area (Å²) in [6.07, 6.45) is 3.26. The van der Waals surface area contributed by atoms with Gasteiger partial charge in [-0.15, -0.1) is 0 Å². The van der Waals surface area contributed by atoms with Gasteiger partial charge in [0.25, 0.3) is 0 Å². The second-order valence-corrected chi connectivity index (χ2v) is 4.26. The van der Waals surface area contributed by atoms with E-state index in [1.807, 2.05) is 30.3 Å². The summed E-state index contributed by atoms with van der Waals surface area (Å²) in [5.41, 5.74) is 6.52. The molecule has 1 aromatic carbocycles. The molecular weight excluding hydrogens is 186 g/mol. The highest BCUT2D eigenvalue weighted by molar-refractivity contribution is 5.98. The number of Topliss-reactive ketones (excluding diaryl/α,β-unsaturated/α-hetero) is 1. The number of benzene rings is 1. The van der Waals surface area contributed by atoms with Crippen LogP contribution in [-0.4, -0.2) is 12.3 Å². The molecule has 0 aliphatic heterocycles. The molecule has 2 N–H and O–H groups in total. The summed E-state index contributed by atoms with van der Waals surface area (Å²) in [6.45, 7) is 0.642. The Morgan fingerprint density at radius 1 is 1.27 bits per heavy atom. The zero-order chi connectivity index (χ0) is 10.7. The molecule has 0 bridgehead atoms. The Labute approximate surface area is 90.5 Å². The van der Waals surface area contributed by atoms with Crippen molar-refractivity contribution in [3.63, 3.8) is 0 Å². The Kier molecular flexibility index (Phi) is 3.17. The first-order chi connectivity index (χ1) is 7.33. The average Bonchev–Trinajstić information content (AvgIpc) is 2.77. The van der Waals surface area contributed by atoms with E-state index < -0.39 is 0 Å². The van der Waals surface area contributed by atoms with Crippen molar-refractivity contribution in [3.8, 4) is 0 Å². The van der Waals surface area contributed by atoms with Gasteiger partial charge in [0.2, 0.25) is 0 Å². The van der Waals surface area contributed by atoms with Crippen LogP contribution >= 0.6 is 0 Å². The lowest BCUT2D eigenvalue weighted by atomic mass is 9.88. The minimum Gasteiger partial charge on any atom is -0.330 e. The molecule has 1 aliphatic rings. The van der Waals surface area contributed by atoms with Crippen molar-refractivity contribution in [2.24, 2.45) is 17.6 Å². The van der Waals surface area contributed by atoms with Crippen LogP contribution in [0.3, 0.4) is 0 Å². The van der Waals surface area contributed by atoms with Crippen LogP contribution in [0.1, 0.15) is 29.6 Å². The minimum absolute atomic E-state index is 0.164. The minimum atomic E-state index is 0.164. The molecule has 2 atom stereocenters. The number of ketones is 1. The van der Waals surface area contributed by atoms with Crippen LogP contribution in [0.5, 0.6) is 0 Å². The standard InChI is InChI=1S/C13H17NO/c14-9-11-7-4-8-12(11)13(15)10-5-2-1-3-6-10/h1-3,5-6,11-12H,4,7-9,14H2. The van der Waals surface area contributed by atoms with Crippen molar-refractivity contribution in [2.75, 3.05) is 6.54 Å². The first-order valence-corrected chi connectivity index (χ1v) is 5.62. The van der Waals surface area contributed by atoms with Gasteiger partial charge in [-0.2, -0.15) is 0 Å². The lowest BCUT2D eigenvalue weighted by Crippen LogP contribution is -2.25. The molecule has 15 heavy (non-hydrogen) atoms. The largest absolute Gasteiger partial charge is 0.330 e. The van der Waals surface area contributed by atoms with E-state index in [1.165, 1.54) is 0 Å². The molecule has 80 valence electrons. The fraction of sp³-hybridized carbons (Fsp3) is 0.462. The summed E-state index contributed by atoms with van der Waals surface area (Å²) in [7, 11) is 0. The average molecular weight is 203 g/mol. The van der Waals surface area contributed by atoms with Crippen LogP contribution in [-0.2, 0) is 0 Å². The maximum Gasteiger partial charge on any atom is 0.166 e. The quantitative estimate of drug-likeness (QED) is 0.766. The SMILES string of the molecule is NCC1CCCC1C(=O)c1ccccc1. The second kappa shape index (κ2) is 4.58. The number of nitrogens with two attached hydrogens (primary N) is 1. The molecule has 2 unspecified atom stereocenters. The van der Waals surface area contributed by atoms with Crippen LogP contribution in [0.4, 0.5) is 0 Å². The zero-order valence-corrected chi connectivity index (χ0v) is 8.86. The Bertz CT molecular complexity index is 334. The molecule has 2 rings (SSSR count). The summed E-state index contributed by atoms with van der Waals surface area (Å²) in [5, 5.41) is 0. The van der Waals surface area contributed by atoms with Gasteiger partial charge in [0, 0.05) is 11.5 Å². The summed E-state index contributed by atoms with van der Waals surface area (Å²) < 4.78 is 0. The third-order valence-electron chi connectivity index (χ3n) is 3.36. The van der Waals surface area contributed by atoms with Crippen LogP contribution in [0, 0.1) is 11.8 Å². The summed E-state index contributed by atoms with van der Waals surface area (Å²) in [5.74, 6) is 0.846. The molecule has 0 saturated heterocycles. The predicted octanol–water partition coefficient (Wildman–Crippen LogP) is 2.24. The Hall–Kier alpha value is -1.15. The van der Waals surface area contributed by atoms with Crippen LogP contribution in [0.25, 0.3) is 0 Å². The normalized spacial score (nSPS) is 25.4. The van der Waals surface area contributed by atoms with Gasteiger partial charge in [0.05, 0.1) is 0 Å². The van der Waals surface area contributed by atoms with E-state index in [1.54, 1.807) is 0 Å². The molecule has 1 fully saturated rings. The van der Waals surface area contributed by atoms with E-state index in [-0.39, 0.29) is 11.7 Å². The van der Waals surface area contributed by atoms with Crippen molar-refractivity contribution < 1.29 is 4.79 Å². The fourth-order valence-electron chi connectivity index (χ4n) is 2.48. The van der Waals surface area contributed by atoms with Gasteiger partial charge in [-0.1, -0.05) is 36.8 Å². The topological polar surface area (TPSA) is 43.1 Å². The number of carbonyl (C=O) groups excluding carboxylic acids is 1. The van der Waals surface area contributed by atoms with Gasteiger partial charge in [0.1, 0.15) is 0 Å². The van der Waals surface area contributed by atoms with Crippen molar-refractivity contribution in [1.29, 1.82) is 0 Å². The van der Waals surface area contributed by atoms with Crippen LogP contribution in [0.15, 0.2) is 30.3 Å². The maximum absolute atomic E-state index is 12.2. The molecule has 0 amide bonds. The van der Waals surface area contributed by atoms with Gasteiger partial charge in [-0.25, -0.2) is 0 Å². The Morgan fingerprint density at radius 3 is 2.67 bits per heavy atom. The molecule has 1 saturated carbocycles. The van der Waals surface area contributed by atoms with E-state index in [4.69, 9.17) is 5.73 Å². The fourth-order valence-corrected chi connectivity index (χ4v) is 2.48. The lowest BCUT2D eigenvalue weighted by Gasteiger charge is -2.16. The molecule has 1 aromatic rings. The van der Waals surface area contributed by atoms with Gasteiger partial charge in [0.15, 0.2) is 5.78 Å². The van der Waals surface area contributed by atoms with Crippen LogP contribution < -0.4 is 5.73 Å². The van der Waals surface area contributed by atoms with E-state index in [0.29, 0.717) is 12.5 Å². The molecule has 0 radical (unpaired) electrons. The summed E-state index contributed by atoms with van der Waals surface area (Å²) >= 11 is 0. The molecule has 0 spiro atoms. The van der Waals surface area contributed by atoms with Gasteiger partial charge >= 0.3 is 0 Å². The van der Waals surface area contributed by atoms with Crippen molar-refractivity contribution >= 4 is 5.78 Å². The van der Waals surface area contributed by atoms with Crippen molar-refractivity contribution in [2.45, 2.75) is 19.3 Å².